The van der Waals surface area contributed by atoms with Crippen LogP contribution in [0.15, 0.2) is 16.9 Å². The van der Waals surface area contributed by atoms with Crippen molar-refractivity contribution in [2.45, 2.75) is 45.2 Å². The van der Waals surface area contributed by atoms with Crippen LogP contribution in [0.2, 0.25) is 0 Å². The Kier molecular flexibility index (Phi) is 4.72. The van der Waals surface area contributed by atoms with E-state index in [-0.39, 0.29) is 29.6 Å². The van der Waals surface area contributed by atoms with E-state index in [0.29, 0.717) is 19.5 Å². The van der Waals surface area contributed by atoms with Gasteiger partial charge in [0.1, 0.15) is 5.69 Å². The van der Waals surface area contributed by atoms with Gasteiger partial charge in [-0.1, -0.05) is 6.92 Å². The van der Waals surface area contributed by atoms with Gasteiger partial charge in [-0.2, -0.15) is 5.10 Å². The van der Waals surface area contributed by atoms with Crippen molar-refractivity contribution in [1.29, 1.82) is 0 Å². The number of hydrogen-bond acceptors (Lipinski definition) is 4. The molecule has 1 N–H and O–H groups in total. The number of carbonyl (C=O) groups excluding carboxylic acids is 1. The van der Waals surface area contributed by atoms with Crippen LogP contribution in [0.4, 0.5) is 0 Å². The Bertz CT molecular complexity index is 596. The van der Waals surface area contributed by atoms with Crippen molar-refractivity contribution >= 4 is 11.9 Å². The van der Waals surface area contributed by atoms with Crippen molar-refractivity contribution in [3.05, 3.63) is 28.2 Å². The van der Waals surface area contributed by atoms with Crippen LogP contribution >= 0.6 is 0 Å². The largest absolute Gasteiger partial charge is 0.481 e. The molecule has 0 radical (unpaired) electrons. The van der Waals surface area contributed by atoms with Crippen LogP contribution in [0, 0.1) is 0 Å². The zero-order valence-corrected chi connectivity index (χ0v) is 12.0. The third-order valence-corrected chi connectivity index (χ3v) is 3.57. The van der Waals surface area contributed by atoms with Crippen LogP contribution in [-0.2, 0) is 11.3 Å². The number of carboxylic acids is 1. The number of rotatable bonds is 5. The molecule has 7 heteroatoms. The molecular formula is C14H19N3O4. The van der Waals surface area contributed by atoms with Crippen molar-refractivity contribution < 1.29 is 14.7 Å². The van der Waals surface area contributed by atoms with Gasteiger partial charge in [0.05, 0.1) is 6.42 Å². The van der Waals surface area contributed by atoms with Gasteiger partial charge in [-0.15, -0.1) is 0 Å². The maximum Gasteiger partial charge on any atom is 0.305 e. The van der Waals surface area contributed by atoms with Gasteiger partial charge < -0.3 is 10.0 Å². The Labute approximate surface area is 122 Å². The van der Waals surface area contributed by atoms with E-state index in [4.69, 9.17) is 5.11 Å². The predicted octanol–water partition coefficient (Wildman–Crippen LogP) is 0.733. The fraction of sp³-hybridized carbons (Fsp3) is 0.571. The Morgan fingerprint density at radius 1 is 1.43 bits per heavy atom. The summed E-state index contributed by atoms with van der Waals surface area (Å²) in [5.74, 6) is -1.22. The summed E-state index contributed by atoms with van der Waals surface area (Å²) < 4.78 is 1.27. The number of amides is 1. The Hall–Kier alpha value is -2.18. The number of aromatic nitrogens is 2. The Balaban J connectivity index is 2.21. The summed E-state index contributed by atoms with van der Waals surface area (Å²) in [4.78, 5) is 36.5. The third kappa shape index (κ3) is 3.48. The fourth-order valence-corrected chi connectivity index (χ4v) is 2.60. The van der Waals surface area contributed by atoms with Gasteiger partial charge >= 0.3 is 5.97 Å². The van der Waals surface area contributed by atoms with E-state index in [0.717, 1.165) is 12.8 Å². The number of aryl methyl sites for hydroxylation is 1. The van der Waals surface area contributed by atoms with E-state index in [9.17, 15) is 14.4 Å². The normalized spacial score (nSPS) is 18.0. The molecule has 114 valence electrons. The standard InChI is InChI=1S/C14H19N3O4/c1-2-7-17-12(18)6-5-11(15-17)14(21)16-8-3-4-10(16)9-13(19)20/h5-6,10H,2-4,7-9H2,1H3,(H,19,20). The van der Waals surface area contributed by atoms with Crippen LogP contribution in [0.1, 0.15) is 43.1 Å². The van der Waals surface area contributed by atoms with Crippen LogP contribution in [0.5, 0.6) is 0 Å². The van der Waals surface area contributed by atoms with Gasteiger partial charge in [-0.25, -0.2) is 4.68 Å². The summed E-state index contributed by atoms with van der Waals surface area (Å²) in [5.41, 5.74) is -0.0442. The molecule has 1 amide bonds. The van der Waals surface area contributed by atoms with Crippen LogP contribution in [-0.4, -0.2) is 44.3 Å². The van der Waals surface area contributed by atoms with Crippen molar-refractivity contribution in [3.63, 3.8) is 0 Å². The second kappa shape index (κ2) is 6.51. The van der Waals surface area contributed by atoms with Crippen molar-refractivity contribution in [1.82, 2.24) is 14.7 Å². The minimum atomic E-state index is -0.913. The zero-order valence-electron chi connectivity index (χ0n) is 12.0. The second-order valence-electron chi connectivity index (χ2n) is 5.17. The van der Waals surface area contributed by atoms with E-state index in [1.807, 2.05) is 6.92 Å². The number of likely N-dealkylation sites (tertiary alicyclic amines) is 1. The molecule has 0 aromatic carbocycles. The second-order valence-corrected chi connectivity index (χ2v) is 5.17. The molecule has 1 atom stereocenters. The highest BCUT2D eigenvalue weighted by Gasteiger charge is 2.31. The molecule has 1 fully saturated rings. The van der Waals surface area contributed by atoms with Gasteiger partial charge in [0.25, 0.3) is 11.5 Å². The molecule has 0 spiro atoms. The number of aliphatic carboxylic acids is 1. The lowest BCUT2D eigenvalue weighted by Gasteiger charge is -2.23. The van der Waals surface area contributed by atoms with E-state index in [1.54, 1.807) is 4.90 Å². The highest BCUT2D eigenvalue weighted by atomic mass is 16.4. The third-order valence-electron chi connectivity index (χ3n) is 3.57. The highest BCUT2D eigenvalue weighted by Crippen LogP contribution is 2.21. The smallest absolute Gasteiger partial charge is 0.305 e. The van der Waals surface area contributed by atoms with Crippen molar-refractivity contribution in [3.8, 4) is 0 Å². The lowest BCUT2D eigenvalue weighted by molar-refractivity contribution is -0.137. The number of hydrogen-bond donors (Lipinski definition) is 1. The summed E-state index contributed by atoms with van der Waals surface area (Å²) >= 11 is 0. The monoisotopic (exact) mass is 293 g/mol. The van der Waals surface area contributed by atoms with E-state index in [2.05, 4.69) is 5.10 Å². The maximum atomic E-state index is 12.5. The molecule has 0 aliphatic carbocycles. The molecule has 1 unspecified atom stereocenters. The summed E-state index contributed by atoms with van der Waals surface area (Å²) in [6.45, 7) is 2.91. The quantitative estimate of drug-likeness (QED) is 0.864. The number of nitrogens with zero attached hydrogens (tertiary/aromatic N) is 3. The first-order valence-electron chi connectivity index (χ1n) is 7.14. The molecule has 7 nitrogen and oxygen atoms in total. The molecule has 1 saturated heterocycles. The summed E-state index contributed by atoms with van der Waals surface area (Å²) in [6.07, 6.45) is 2.17. The first kappa shape index (κ1) is 15.2. The lowest BCUT2D eigenvalue weighted by atomic mass is 10.1. The van der Waals surface area contributed by atoms with Crippen LogP contribution in [0.3, 0.4) is 0 Å². The van der Waals surface area contributed by atoms with Gasteiger partial charge in [0, 0.05) is 25.2 Å². The fourth-order valence-electron chi connectivity index (χ4n) is 2.60. The molecule has 2 rings (SSSR count). The van der Waals surface area contributed by atoms with E-state index >= 15 is 0 Å². The molecule has 1 aromatic heterocycles. The van der Waals surface area contributed by atoms with Gasteiger partial charge in [0.2, 0.25) is 0 Å². The minimum Gasteiger partial charge on any atom is -0.481 e. The van der Waals surface area contributed by atoms with Gasteiger partial charge in [-0.05, 0) is 25.3 Å². The van der Waals surface area contributed by atoms with Crippen LogP contribution < -0.4 is 5.56 Å². The van der Waals surface area contributed by atoms with Crippen molar-refractivity contribution in [2.75, 3.05) is 6.54 Å². The van der Waals surface area contributed by atoms with E-state index < -0.39 is 5.97 Å². The lowest BCUT2D eigenvalue weighted by Crippen LogP contribution is -2.38. The first-order chi connectivity index (χ1) is 10.0. The average Bonchev–Trinajstić information content (AvgIpc) is 2.88. The average molecular weight is 293 g/mol. The van der Waals surface area contributed by atoms with Gasteiger partial charge in [0.15, 0.2) is 0 Å². The first-order valence-corrected chi connectivity index (χ1v) is 7.14. The predicted molar refractivity (Wildman–Crippen MR) is 75.1 cm³/mol. The number of carboxylic acid groups (broad SMARTS) is 1. The maximum absolute atomic E-state index is 12.5. The summed E-state index contributed by atoms with van der Waals surface area (Å²) in [5, 5.41) is 13.0. The van der Waals surface area contributed by atoms with E-state index in [1.165, 1.54) is 16.8 Å². The molecular weight excluding hydrogens is 274 g/mol. The molecule has 0 saturated carbocycles. The molecule has 1 aliphatic rings. The summed E-state index contributed by atoms with van der Waals surface area (Å²) in [6, 6.07) is 2.45. The molecule has 1 aliphatic heterocycles. The summed E-state index contributed by atoms with van der Waals surface area (Å²) in [7, 11) is 0. The molecule has 0 bridgehead atoms. The topological polar surface area (TPSA) is 92.5 Å². The van der Waals surface area contributed by atoms with Crippen molar-refractivity contribution in [2.24, 2.45) is 0 Å². The molecule has 2 heterocycles. The highest BCUT2D eigenvalue weighted by molar-refractivity contribution is 5.92. The van der Waals surface area contributed by atoms with Crippen LogP contribution in [0.25, 0.3) is 0 Å². The Morgan fingerprint density at radius 2 is 2.19 bits per heavy atom. The molecule has 1 aromatic rings. The van der Waals surface area contributed by atoms with Gasteiger partial charge in [-0.3, -0.25) is 14.4 Å². The number of carbonyl (C=O) groups is 2. The molecule has 21 heavy (non-hydrogen) atoms. The SMILES string of the molecule is CCCn1nc(C(=O)N2CCCC2CC(=O)O)ccc1=O. The minimum absolute atomic E-state index is 0.0552. The Morgan fingerprint density at radius 3 is 2.86 bits per heavy atom. The zero-order chi connectivity index (χ0) is 15.4.